The van der Waals surface area contributed by atoms with Crippen LogP contribution < -0.4 is 11.5 Å². The van der Waals surface area contributed by atoms with E-state index in [0.717, 1.165) is 0 Å². The molecule has 42 heavy (non-hydrogen) atoms. The van der Waals surface area contributed by atoms with E-state index in [2.05, 4.69) is 39.5 Å². The molecule has 22 heteroatoms. The number of halogens is 2. The van der Waals surface area contributed by atoms with Crippen molar-refractivity contribution in [3.8, 4) is 0 Å². The lowest BCUT2D eigenvalue weighted by Gasteiger charge is -2.16. The maximum absolute atomic E-state index is 14.0. The fourth-order valence-corrected chi connectivity index (χ4v) is 4.46. The predicted molar refractivity (Wildman–Crippen MR) is 135 cm³/mol. The molecule has 3 unspecified atom stereocenters. The first-order chi connectivity index (χ1) is 20.2. The minimum Gasteiger partial charge on any atom is -0.394 e. The number of imidazole rings is 2. The summed E-state index contributed by atoms with van der Waals surface area (Å²) < 4.78 is 45.3. The van der Waals surface area contributed by atoms with Gasteiger partial charge in [-0.05, 0) is 0 Å². The highest BCUT2D eigenvalue weighted by molar-refractivity contribution is 7.45. The van der Waals surface area contributed by atoms with Crippen molar-refractivity contribution in [1.29, 1.82) is 0 Å². The van der Waals surface area contributed by atoms with Crippen LogP contribution in [0, 0.1) is 0 Å². The topological polar surface area (TPSA) is 277 Å². The zero-order chi connectivity index (χ0) is 30.1. The number of hydrogen-bond donors (Lipinski definition) is 7. The number of rotatable bonds is 7. The zero-order valence-corrected chi connectivity index (χ0v) is 22.0. The molecule has 0 saturated carbocycles. The van der Waals surface area contributed by atoms with E-state index in [1.807, 2.05) is 0 Å². The van der Waals surface area contributed by atoms with Gasteiger partial charge >= 0.3 is 0 Å². The summed E-state index contributed by atoms with van der Waals surface area (Å²) >= 11 is 0. The Morgan fingerprint density at radius 3 is 1.86 bits per heavy atom. The summed E-state index contributed by atoms with van der Waals surface area (Å²) in [5.41, 5.74) is 12.5. The van der Waals surface area contributed by atoms with Crippen molar-refractivity contribution in [3.63, 3.8) is 0 Å². The highest BCUT2D eigenvalue weighted by atomic mass is 31.2. The summed E-state index contributed by atoms with van der Waals surface area (Å²) in [5, 5.41) is 37.4. The third kappa shape index (κ3) is 5.54. The molecule has 0 radical (unpaired) electrons. The van der Waals surface area contributed by atoms with Crippen molar-refractivity contribution in [2.45, 2.75) is 49.4 Å². The Bertz CT molecular complexity index is 1520. The number of nitrogens with zero attached hydrogens (tertiary/aromatic N) is 8. The smallest absolute Gasteiger partial charge is 0.232 e. The first-order valence-electron chi connectivity index (χ1n) is 12.0. The summed E-state index contributed by atoms with van der Waals surface area (Å²) in [6.07, 6.45) is -7.16. The lowest BCUT2D eigenvalue weighted by Crippen LogP contribution is -2.29. The number of anilines is 2. The molecule has 2 fully saturated rings. The zero-order valence-electron chi connectivity index (χ0n) is 21.1. The summed E-state index contributed by atoms with van der Waals surface area (Å²) in [4.78, 5) is 37.2. The van der Waals surface area contributed by atoms with Crippen LogP contribution >= 0.6 is 8.38 Å². The number of aliphatic hydroxyl groups excluding tert-OH is 4. The second kappa shape index (κ2) is 12.5. The van der Waals surface area contributed by atoms with Crippen molar-refractivity contribution in [3.05, 3.63) is 25.3 Å². The van der Waals surface area contributed by atoms with E-state index in [-0.39, 0.29) is 22.8 Å². The molecule has 19 nitrogen and oxygen atoms in total. The fourth-order valence-electron chi connectivity index (χ4n) is 4.23. The average molecular weight is 618 g/mol. The van der Waals surface area contributed by atoms with Crippen LogP contribution in [0.15, 0.2) is 25.3 Å². The van der Waals surface area contributed by atoms with Crippen LogP contribution in [0.1, 0.15) is 12.5 Å². The van der Waals surface area contributed by atoms with Crippen molar-refractivity contribution in [2.24, 2.45) is 0 Å². The third-order valence-corrected chi connectivity index (χ3v) is 6.79. The van der Waals surface area contributed by atoms with Crippen LogP contribution in [0.25, 0.3) is 22.3 Å². The normalized spacial score (nSPS) is 30.1. The molecule has 2 saturated heterocycles. The number of hydrogen-bond acceptors (Lipinski definition) is 17. The van der Waals surface area contributed by atoms with E-state index < -0.39 is 70.7 Å². The van der Waals surface area contributed by atoms with Gasteiger partial charge in [0, 0.05) is 0 Å². The van der Waals surface area contributed by atoms with E-state index in [0.29, 0.717) is 11.2 Å². The van der Waals surface area contributed by atoms with E-state index >= 15 is 0 Å². The number of fused-ring (bicyclic) bond motifs is 2. The number of nitrogen functional groups attached to an aromatic ring is 2. The molecular formula is C20H25F2N10O9P. The Kier molecular flexibility index (Phi) is 8.94. The van der Waals surface area contributed by atoms with Gasteiger partial charge in [-0.3, -0.25) is 9.13 Å². The van der Waals surface area contributed by atoms with Crippen LogP contribution in [-0.4, -0.2) is 114 Å². The second-order valence-electron chi connectivity index (χ2n) is 8.84. The van der Waals surface area contributed by atoms with E-state index in [9.17, 15) is 19.0 Å². The van der Waals surface area contributed by atoms with Gasteiger partial charge < -0.3 is 46.3 Å². The largest absolute Gasteiger partial charge is 0.394 e. The third-order valence-electron chi connectivity index (χ3n) is 6.29. The molecule has 4 aromatic heterocycles. The fraction of sp³-hybridized carbons (Fsp3) is 0.500. The molecule has 2 aliphatic heterocycles. The molecule has 9 N–H and O–H groups in total. The highest BCUT2D eigenvalue weighted by Crippen LogP contribution is 2.37. The van der Waals surface area contributed by atoms with Crippen LogP contribution in [0.5, 0.6) is 0 Å². The lowest BCUT2D eigenvalue weighted by atomic mass is 10.1. The van der Waals surface area contributed by atoms with Gasteiger partial charge in [0.15, 0.2) is 47.7 Å². The van der Waals surface area contributed by atoms with Gasteiger partial charge in [0.05, 0.1) is 19.3 Å². The summed E-state index contributed by atoms with van der Waals surface area (Å²) in [6.45, 7) is -0.515. The first kappa shape index (κ1) is 30.1. The lowest BCUT2D eigenvalue weighted by molar-refractivity contribution is -0.327. The summed E-state index contributed by atoms with van der Waals surface area (Å²) in [6, 6.07) is 0. The van der Waals surface area contributed by atoms with Gasteiger partial charge in [0.1, 0.15) is 48.3 Å². The molecule has 0 amide bonds. The van der Waals surface area contributed by atoms with Crippen molar-refractivity contribution >= 4 is 42.3 Å². The molecule has 0 spiro atoms. The Morgan fingerprint density at radius 1 is 0.833 bits per heavy atom. The molecule has 4 aromatic rings. The Hall–Kier alpha value is -3.37. The Balaban J connectivity index is 0.000000171. The van der Waals surface area contributed by atoms with E-state index in [4.69, 9.17) is 36.0 Å². The predicted octanol–water partition coefficient (Wildman–Crippen LogP) is -1.84. The molecule has 228 valence electrons. The van der Waals surface area contributed by atoms with Crippen LogP contribution in [0.2, 0.25) is 0 Å². The van der Waals surface area contributed by atoms with Crippen LogP contribution in [0.3, 0.4) is 0 Å². The van der Waals surface area contributed by atoms with Crippen molar-refractivity contribution < 1.29 is 53.1 Å². The standard InChI is InChI=1S/C10H13FN5O6P.C10H12FN5O3/c11-4-6(18)9(20-10(4)21-22-23(19)3-17)16-2-15-5-7(12)13-1-14-8(5)16;11-5-4(1-17)19-10(7(5)18)16-3-15-6-8(12)13-2-14-9(6)16/h1-2,4,6,9-10,17-19H,3H2,(H2,12,13,14);2-5,7,10,17-18H,1H2,(H2,12,13,14)/t4-,6?,9-,10-,23?;4-,5+,7?,10-/m11/s1. The van der Waals surface area contributed by atoms with E-state index in [1.165, 1.54) is 34.4 Å². The quantitative estimate of drug-likeness (QED) is 0.0680. The molecule has 2 aliphatic rings. The number of aliphatic hydroxyl groups is 4. The number of alkyl halides is 2. The minimum atomic E-state index is -2.27. The van der Waals surface area contributed by atoms with Gasteiger partial charge in [-0.25, -0.2) is 38.7 Å². The Labute approximate surface area is 234 Å². The monoisotopic (exact) mass is 618 g/mol. The molecular weight excluding hydrogens is 593 g/mol. The highest BCUT2D eigenvalue weighted by Gasteiger charge is 2.48. The maximum Gasteiger partial charge on any atom is 0.232 e. The molecule has 9 atom stereocenters. The number of nitrogens with two attached hydrogens (primary N) is 2. The average Bonchev–Trinajstić information content (AvgIpc) is 3.75. The maximum atomic E-state index is 14.0. The molecule has 0 aliphatic carbocycles. The molecule has 0 bridgehead atoms. The SMILES string of the molecule is Nc1ncnc2c1ncn2[C@@H]1O[C@H](CO)[C@H](F)C1O.Nc1ncnc2c1ncn2[C@@H]1O[C@H](OOP(O)CO)[C@H](F)C1O. The molecule has 6 rings (SSSR count). The minimum absolute atomic E-state index is 0.128. The number of aromatic nitrogens is 8. The van der Waals surface area contributed by atoms with Gasteiger partial charge in [0.2, 0.25) is 14.7 Å². The van der Waals surface area contributed by atoms with Crippen LogP contribution in [-0.2, 0) is 19.0 Å². The Morgan fingerprint density at radius 2 is 1.36 bits per heavy atom. The number of ether oxygens (including phenoxy) is 2. The molecule has 6 heterocycles. The van der Waals surface area contributed by atoms with Crippen LogP contribution in [0.4, 0.5) is 20.4 Å². The van der Waals surface area contributed by atoms with Gasteiger partial charge in [-0.1, -0.05) is 0 Å². The van der Waals surface area contributed by atoms with Crippen molar-refractivity contribution in [1.82, 2.24) is 39.0 Å². The van der Waals surface area contributed by atoms with Gasteiger partial charge in [0.25, 0.3) is 0 Å². The summed E-state index contributed by atoms with van der Waals surface area (Å²) in [7, 11) is -2.27. The molecule has 0 aromatic carbocycles. The van der Waals surface area contributed by atoms with Gasteiger partial charge in [-0.15, -0.1) is 0 Å². The van der Waals surface area contributed by atoms with Crippen molar-refractivity contribution in [2.75, 3.05) is 24.4 Å². The van der Waals surface area contributed by atoms with E-state index in [1.54, 1.807) is 0 Å². The second-order valence-corrected chi connectivity index (χ2v) is 9.98. The summed E-state index contributed by atoms with van der Waals surface area (Å²) in [5.74, 6) is 0.315. The first-order valence-corrected chi connectivity index (χ1v) is 13.4. The van der Waals surface area contributed by atoms with Gasteiger partial charge in [-0.2, -0.15) is 9.56 Å².